The molecule has 0 aliphatic heterocycles. The van der Waals surface area contributed by atoms with E-state index in [9.17, 15) is 8.42 Å². The Morgan fingerprint density at radius 3 is 2.57 bits per heavy atom. The molecule has 2 aromatic heterocycles. The van der Waals surface area contributed by atoms with E-state index < -0.39 is 9.84 Å². The first-order valence-corrected chi connectivity index (χ1v) is 11.0. The zero-order chi connectivity index (χ0) is 20.1. The zero-order valence-corrected chi connectivity index (χ0v) is 17.3. The standard InChI is InChI=1S/C21H26N2O4S/c1-4-23(15-17-7-6-12-27-17)14-16-8-10-20(22-16)19-13-18(28(24,25)5-2)9-11-21(19)26-3/h6-13,22H,4-5,14-15H2,1-3H3. The van der Waals surface area contributed by atoms with Gasteiger partial charge < -0.3 is 14.1 Å². The molecule has 0 amide bonds. The summed E-state index contributed by atoms with van der Waals surface area (Å²) in [6.45, 7) is 6.08. The van der Waals surface area contributed by atoms with Crippen molar-refractivity contribution in [3.63, 3.8) is 0 Å². The summed E-state index contributed by atoms with van der Waals surface area (Å²) in [5.74, 6) is 1.62. The molecule has 6 nitrogen and oxygen atoms in total. The second-order valence-corrected chi connectivity index (χ2v) is 8.82. The molecule has 0 aliphatic carbocycles. The quantitative estimate of drug-likeness (QED) is 0.583. The van der Waals surface area contributed by atoms with E-state index >= 15 is 0 Å². The molecular weight excluding hydrogens is 376 g/mol. The lowest BCUT2D eigenvalue weighted by atomic mass is 10.1. The van der Waals surface area contributed by atoms with Crippen molar-refractivity contribution in [1.29, 1.82) is 0 Å². The largest absolute Gasteiger partial charge is 0.496 e. The average Bonchev–Trinajstić information content (AvgIpc) is 3.39. The summed E-state index contributed by atoms with van der Waals surface area (Å²) in [6, 6.07) is 12.8. The number of benzene rings is 1. The molecule has 0 radical (unpaired) electrons. The van der Waals surface area contributed by atoms with E-state index in [1.165, 1.54) is 0 Å². The number of aromatic nitrogens is 1. The molecule has 0 saturated heterocycles. The molecule has 0 bridgehead atoms. The van der Waals surface area contributed by atoms with Crippen molar-refractivity contribution >= 4 is 9.84 Å². The first kappa shape index (κ1) is 20.2. The molecule has 0 spiro atoms. The average molecular weight is 403 g/mol. The van der Waals surface area contributed by atoms with Crippen LogP contribution in [0.25, 0.3) is 11.3 Å². The van der Waals surface area contributed by atoms with Crippen LogP contribution in [0.5, 0.6) is 5.75 Å². The van der Waals surface area contributed by atoms with Crippen molar-refractivity contribution < 1.29 is 17.6 Å². The summed E-state index contributed by atoms with van der Waals surface area (Å²) < 4.78 is 35.4. The number of aromatic amines is 1. The van der Waals surface area contributed by atoms with Crippen molar-refractivity contribution in [1.82, 2.24) is 9.88 Å². The highest BCUT2D eigenvalue weighted by Gasteiger charge is 2.17. The number of methoxy groups -OCH3 is 1. The molecule has 0 unspecified atom stereocenters. The van der Waals surface area contributed by atoms with Gasteiger partial charge in [0, 0.05) is 23.5 Å². The van der Waals surface area contributed by atoms with E-state index in [2.05, 4.69) is 16.8 Å². The summed E-state index contributed by atoms with van der Waals surface area (Å²) >= 11 is 0. The fourth-order valence-electron chi connectivity index (χ4n) is 3.09. The summed E-state index contributed by atoms with van der Waals surface area (Å²) in [7, 11) is -1.70. The molecule has 0 saturated carbocycles. The highest BCUT2D eigenvalue weighted by Crippen LogP contribution is 2.32. The second-order valence-electron chi connectivity index (χ2n) is 6.55. The number of H-pyrrole nitrogens is 1. The Kier molecular flexibility index (Phi) is 6.26. The lowest BCUT2D eigenvalue weighted by molar-refractivity contribution is 0.245. The summed E-state index contributed by atoms with van der Waals surface area (Å²) in [4.78, 5) is 5.95. The van der Waals surface area contributed by atoms with Gasteiger partial charge in [-0.1, -0.05) is 13.8 Å². The van der Waals surface area contributed by atoms with E-state index in [0.717, 1.165) is 42.3 Å². The van der Waals surface area contributed by atoms with Crippen molar-refractivity contribution in [2.45, 2.75) is 31.8 Å². The molecule has 0 atom stereocenters. The molecule has 2 heterocycles. The number of ether oxygens (including phenoxy) is 1. The molecule has 3 aromatic rings. The third-order valence-electron chi connectivity index (χ3n) is 4.75. The van der Waals surface area contributed by atoms with E-state index in [-0.39, 0.29) is 5.75 Å². The summed E-state index contributed by atoms with van der Waals surface area (Å²) in [5.41, 5.74) is 2.60. The van der Waals surface area contributed by atoms with Gasteiger partial charge in [-0.3, -0.25) is 4.90 Å². The Morgan fingerprint density at radius 2 is 1.93 bits per heavy atom. The van der Waals surface area contributed by atoms with E-state index in [1.54, 1.807) is 38.5 Å². The van der Waals surface area contributed by atoms with Gasteiger partial charge in [0.05, 0.1) is 30.6 Å². The van der Waals surface area contributed by atoms with Crippen molar-refractivity contribution in [3.05, 3.63) is 60.2 Å². The van der Waals surface area contributed by atoms with Gasteiger partial charge in [-0.05, 0) is 49.0 Å². The van der Waals surface area contributed by atoms with Gasteiger partial charge in [0.25, 0.3) is 0 Å². The molecule has 3 rings (SSSR count). The molecule has 1 aromatic carbocycles. The predicted molar refractivity (Wildman–Crippen MR) is 109 cm³/mol. The maximum absolute atomic E-state index is 12.3. The molecular formula is C21H26N2O4S. The van der Waals surface area contributed by atoms with Crippen LogP contribution in [-0.4, -0.2) is 37.7 Å². The minimum Gasteiger partial charge on any atom is -0.496 e. The van der Waals surface area contributed by atoms with Crippen LogP contribution in [0.4, 0.5) is 0 Å². The zero-order valence-electron chi connectivity index (χ0n) is 16.4. The highest BCUT2D eigenvalue weighted by molar-refractivity contribution is 7.91. The Labute approximate surface area is 166 Å². The SMILES string of the molecule is CCN(Cc1ccc(-c2cc(S(=O)(=O)CC)ccc2OC)[nH]1)Cc1ccco1. The smallest absolute Gasteiger partial charge is 0.178 e. The topological polar surface area (TPSA) is 75.5 Å². The third-order valence-corrected chi connectivity index (χ3v) is 6.48. The van der Waals surface area contributed by atoms with E-state index in [4.69, 9.17) is 9.15 Å². The Hall–Kier alpha value is -2.51. The minimum absolute atomic E-state index is 0.0625. The Balaban J connectivity index is 1.85. The minimum atomic E-state index is -3.29. The number of sulfone groups is 1. The van der Waals surface area contributed by atoms with E-state index in [1.807, 2.05) is 24.3 Å². The van der Waals surface area contributed by atoms with Gasteiger partial charge in [-0.15, -0.1) is 0 Å². The first-order chi connectivity index (χ1) is 13.5. The van der Waals surface area contributed by atoms with Crippen LogP contribution >= 0.6 is 0 Å². The Bertz CT molecular complexity index is 1010. The van der Waals surface area contributed by atoms with Crippen molar-refractivity contribution in [2.24, 2.45) is 0 Å². The lowest BCUT2D eigenvalue weighted by Crippen LogP contribution is -2.22. The number of hydrogen-bond acceptors (Lipinski definition) is 5. The van der Waals surface area contributed by atoms with Gasteiger partial charge in [0.2, 0.25) is 0 Å². The van der Waals surface area contributed by atoms with Gasteiger partial charge in [0.1, 0.15) is 11.5 Å². The van der Waals surface area contributed by atoms with Crippen LogP contribution in [0.15, 0.2) is 58.0 Å². The van der Waals surface area contributed by atoms with Crippen LogP contribution in [-0.2, 0) is 22.9 Å². The van der Waals surface area contributed by atoms with Crippen molar-refractivity contribution in [2.75, 3.05) is 19.4 Å². The maximum Gasteiger partial charge on any atom is 0.178 e. The number of hydrogen-bond donors (Lipinski definition) is 1. The molecule has 7 heteroatoms. The predicted octanol–water partition coefficient (Wildman–Crippen LogP) is 4.10. The van der Waals surface area contributed by atoms with Gasteiger partial charge >= 0.3 is 0 Å². The maximum atomic E-state index is 12.3. The molecule has 1 N–H and O–H groups in total. The van der Waals surface area contributed by atoms with Crippen LogP contribution in [0, 0.1) is 0 Å². The lowest BCUT2D eigenvalue weighted by Gasteiger charge is -2.18. The highest BCUT2D eigenvalue weighted by atomic mass is 32.2. The summed E-state index contributed by atoms with van der Waals surface area (Å²) in [5, 5.41) is 0. The van der Waals surface area contributed by atoms with Crippen LogP contribution in [0.1, 0.15) is 25.3 Å². The fourth-order valence-corrected chi connectivity index (χ4v) is 4.00. The fraction of sp³-hybridized carbons (Fsp3) is 0.333. The molecule has 0 aliphatic rings. The number of furan rings is 1. The van der Waals surface area contributed by atoms with Crippen LogP contribution in [0.2, 0.25) is 0 Å². The normalized spacial score (nSPS) is 11.9. The van der Waals surface area contributed by atoms with Gasteiger partial charge in [-0.25, -0.2) is 8.42 Å². The Morgan fingerprint density at radius 1 is 1.11 bits per heavy atom. The van der Waals surface area contributed by atoms with Crippen LogP contribution in [0.3, 0.4) is 0 Å². The third kappa shape index (κ3) is 4.48. The number of rotatable bonds is 9. The van der Waals surface area contributed by atoms with Gasteiger partial charge in [-0.2, -0.15) is 0 Å². The molecule has 150 valence electrons. The van der Waals surface area contributed by atoms with Gasteiger partial charge in [0.15, 0.2) is 9.84 Å². The van der Waals surface area contributed by atoms with Crippen molar-refractivity contribution in [3.8, 4) is 17.0 Å². The first-order valence-electron chi connectivity index (χ1n) is 9.30. The van der Waals surface area contributed by atoms with Crippen LogP contribution < -0.4 is 4.74 Å². The summed E-state index contributed by atoms with van der Waals surface area (Å²) in [6.07, 6.45) is 1.68. The van der Waals surface area contributed by atoms with E-state index in [0.29, 0.717) is 10.6 Å². The number of nitrogens with one attached hydrogen (secondary N) is 1. The monoisotopic (exact) mass is 402 g/mol. The molecule has 0 fully saturated rings. The number of nitrogens with zero attached hydrogens (tertiary/aromatic N) is 1. The second kappa shape index (κ2) is 8.67. The molecule has 28 heavy (non-hydrogen) atoms.